The van der Waals surface area contributed by atoms with Crippen molar-refractivity contribution >= 4 is 5.69 Å². The highest BCUT2D eigenvalue weighted by Crippen LogP contribution is 2.15. The molecule has 0 amide bonds. The molecule has 1 saturated heterocycles. The molecule has 0 aromatic heterocycles. The Kier molecular flexibility index (Phi) is 3.23. The van der Waals surface area contributed by atoms with Crippen molar-refractivity contribution in [3.63, 3.8) is 0 Å². The van der Waals surface area contributed by atoms with Gasteiger partial charge in [-0.3, -0.25) is 0 Å². The van der Waals surface area contributed by atoms with Crippen molar-refractivity contribution in [3.05, 3.63) is 30.3 Å². The van der Waals surface area contributed by atoms with Crippen LogP contribution in [0.1, 0.15) is 0 Å². The molecular weight excluding hydrogens is 186 g/mol. The van der Waals surface area contributed by atoms with Crippen LogP contribution in [0.25, 0.3) is 0 Å². The zero-order valence-corrected chi connectivity index (χ0v) is 9.56. The van der Waals surface area contributed by atoms with Gasteiger partial charge in [-0.05, 0) is 12.1 Å². The molecule has 1 aliphatic rings. The van der Waals surface area contributed by atoms with E-state index in [1.807, 2.05) is 0 Å². The van der Waals surface area contributed by atoms with Crippen LogP contribution in [0.2, 0.25) is 0 Å². The number of benzene rings is 1. The Morgan fingerprint density at radius 3 is 2.07 bits per heavy atom. The van der Waals surface area contributed by atoms with E-state index in [1.54, 1.807) is 0 Å². The molecule has 1 heterocycles. The summed E-state index contributed by atoms with van der Waals surface area (Å²) in [4.78, 5) is 2.44. The van der Waals surface area contributed by atoms with Gasteiger partial charge in [0.25, 0.3) is 0 Å². The van der Waals surface area contributed by atoms with Gasteiger partial charge in [0, 0.05) is 46.0 Å². The van der Waals surface area contributed by atoms with E-state index in [0.29, 0.717) is 0 Å². The van der Waals surface area contributed by atoms with Crippen LogP contribution in [0.15, 0.2) is 30.3 Å². The fraction of sp³-hybridized carbons (Fsp3) is 0.500. The molecule has 0 atom stereocenters. The Balaban J connectivity index is 1.94. The molecule has 0 radical (unpaired) electrons. The largest absolute Gasteiger partial charge is 0.369 e. The Bertz CT molecular complexity index is 289. The monoisotopic (exact) mass is 205 g/mol. The Labute approximate surface area is 91.9 Å². The standard InChI is InChI=1S/C12H19N3/c1-13(2)15-10-8-14(9-11-15)12-6-4-3-5-7-12/h3-7H,8-11H2,1-2H3. The minimum absolute atomic E-state index is 1.11. The van der Waals surface area contributed by atoms with Crippen molar-refractivity contribution in [2.45, 2.75) is 0 Å². The van der Waals surface area contributed by atoms with Crippen molar-refractivity contribution < 1.29 is 0 Å². The molecule has 1 aromatic rings. The fourth-order valence-electron chi connectivity index (χ4n) is 1.99. The van der Waals surface area contributed by atoms with Crippen molar-refractivity contribution in [2.75, 3.05) is 45.2 Å². The highest BCUT2D eigenvalue weighted by atomic mass is 15.6. The van der Waals surface area contributed by atoms with Crippen LogP contribution in [-0.2, 0) is 0 Å². The van der Waals surface area contributed by atoms with Gasteiger partial charge < -0.3 is 4.90 Å². The topological polar surface area (TPSA) is 9.72 Å². The fourth-order valence-corrected chi connectivity index (χ4v) is 1.99. The number of hydrogen-bond donors (Lipinski definition) is 0. The van der Waals surface area contributed by atoms with Crippen molar-refractivity contribution in [1.29, 1.82) is 0 Å². The van der Waals surface area contributed by atoms with E-state index in [-0.39, 0.29) is 0 Å². The maximum Gasteiger partial charge on any atom is 0.0367 e. The Morgan fingerprint density at radius 1 is 0.933 bits per heavy atom. The maximum absolute atomic E-state index is 2.44. The van der Waals surface area contributed by atoms with Gasteiger partial charge in [-0.25, -0.2) is 10.0 Å². The summed E-state index contributed by atoms with van der Waals surface area (Å²) in [6, 6.07) is 10.7. The van der Waals surface area contributed by atoms with Crippen molar-refractivity contribution in [2.24, 2.45) is 0 Å². The van der Waals surface area contributed by atoms with E-state index in [4.69, 9.17) is 0 Å². The molecule has 1 aliphatic heterocycles. The number of nitrogens with zero attached hydrogens (tertiary/aromatic N) is 3. The third-order valence-corrected chi connectivity index (χ3v) is 2.94. The minimum atomic E-state index is 1.11. The van der Waals surface area contributed by atoms with Gasteiger partial charge in [-0.2, -0.15) is 0 Å². The highest BCUT2D eigenvalue weighted by molar-refractivity contribution is 5.46. The van der Waals surface area contributed by atoms with Crippen LogP contribution in [0.5, 0.6) is 0 Å². The summed E-state index contributed by atoms with van der Waals surface area (Å²) in [5, 5.41) is 4.56. The lowest BCUT2D eigenvalue weighted by Gasteiger charge is -2.39. The molecule has 0 saturated carbocycles. The summed E-state index contributed by atoms with van der Waals surface area (Å²) in [5.41, 5.74) is 1.34. The molecule has 15 heavy (non-hydrogen) atoms. The number of hydrogen-bond acceptors (Lipinski definition) is 3. The predicted molar refractivity (Wildman–Crippen MR) is 63.9 cm³/mol. The molecule has 0 aliphatic carbocycles. The van der Waals surface area contributed by atoms with Crippen molar-refractivity contribution in [1.82, 2.24) is 10.0 Å². The van der Waals surface area contributed by atoms with Crippen LogP contribution in [-0.4, -0.2) is 50.3 Å². The molecule has 2 rings (SSSR count). The average molecular weight is 205 g/mol. The van der Waals surface area contributed by atoms with Gasteiger partial charge in [-0.1, -0.05) is 18.2 Å². The first kappa shape index (κ1) is 10.5. The summed E-state index contributed by atoms with van der Waals surface area (Å²) < 4.78 is 0. The third kappa shape index (κ3) is 2.49. The van der Waals surface area contributed by atoms with Gasteiger partial charge in [-0.15, -0.1) is 0 Å². The maximum atomic E-state index is 2.44. The van der Waals surface area contributed by atoms with E-state index in [1.165, 1.54) is 5.69 Å². The van der Waals surface area contributed by atoms with Crippen LogP contribution in [0, 0.1) is 0 Å². The lowest BCUT2D eigenvalue weighted by molar-refractivity contribution is 0.0201. The first-order chi connectivity index (χ1) is 7.27. The molecule has 0 N–H and O–H groups in total. The van der Waals surface area contributed by atoms with Gasteiger partial charge in [0.15, 0.2) is 0 Å². The minimum Gasteiger partial charge on any atom is -0.369 e. The van der Waals surface area contributed by atoms with Gasteiger partial charge >= 0.3 is 0 Å². The number of anilines is 1. The van der Waals surface area contributed by atoms with E-state index >= 15 is 0 Å². The van der Waals surface area contributed by atoms with Gasteiger partial charge in [0.2, 0.25) is 0 Å². The second-order valence-corrected chi connectivity index (χ2v) is 4.12. The lowest BCUT2D eigenvalue weighted by Crippen LogP contribution is -2.51. The van der Waals surface area contributed by atoms with Crippen LogP contribution >= 0.6 is 0 Å². The second-order valence-electron chi connectivity index (χ2n) is 4.12. The van der Waals surface area contributed by atoms with E-state index in [9.17, 15) is 0 Å². The number of para-hydroxylation sites is 1. The van der Waals surface area contributed by atoms with Crippen LogP contribution in [0.3, 0.4) is 0 Å². The van der Waals surface area contributed by atoms with E-state index in [0.717, 1.165) is 26.2 Å². The molecule has 82 valence electrons. The summed E-state index contributed by atoms with van der Waals surface area (Å²) >= 11 is 0. The number of rotatable bonds is 2. The second kappa shape index (κ2) is 4.64. The van der Waals surface area contributed by atoms with Gasteiger partial charge in [0.1, 0.15) is 0 Å². The third-order valence-electron chi connectivity index (χ3n) is 2.94. The van der Waals surface area contributed by atoms with Gasteiger partial charge in [0.05, 0.1) is 0 Å². The number of hydrazine groups is 1. The first-order valence-electron chi connectivity index (χ1n) is 5.49. The van der Waals surface area contributed by atoms with E-state index in [2.05, 4.69) is 59.3 Å². The molecule has 3 heteroatoms. The molecular formula is C12H19N3. The number of piperazine rings is 1. The zero-order valence-electron chi connectivity index (χ0n) is 9.56. The first-order valence-corrected chi connectivity index (χ1v) is 5.49. The highest BCUT2D eigenvalue weighted by Gasteiger charge is 2.17. The van der Waals surface area contributed by atoms with Crippen LogP contribution < -0.4 is 4.90 Å². The predicted octanol–water partition coefficient (Wildman–Crippen LogP) is 1.29. The molecule has 1 aromatic carbocycles. The molecule has 3 nitrogen and oxygen atoms in total. The quantitative estimate of drug-likeness (QED) is 0.720. The summed E-state index contributed by atoms with van der Waals surface area (Å²) in [7, 11) is 4.22. The summed E-state index contributed by atoms with van der Waals surface area (Å²) in [6.45, 7) is 4.45. The Hall–Kier alpha value is -1.06. The van der Waals surface area contributed by atoms with Crippen LogP contribution in [0.4, 0.5) is 5.69 Å². The average Bonchev–Trinajstić information content (AvgIpc) is 2.30. The van der Waals surface area contributed by atoms with E-state index < -0.39 is 0 Å². The smallest absolute Gasteiger partial charge is 0.0367 e. The molecule has 1 fully saturated rings. The molecule has 0 bridgehead atoms. The normalized spacial score (nSPS) is 18.5. The molecule has 0 spiro atoms. The lowest BCUT2D eigenvalue weighted by atomic mass is 10.2. The van der Waals surface area contributed by atoms with Crippen molar-refractivity contribution in [3.8, 4) is 0 Å². The SMILES string of the molecule is CN(C)N1CCN(c2ccccc2)CC1. The zero-order chi connectivity index (χ0) is 10.7. The summed E-state index contributed by atoms with van der Waals surface area (Å²) in [5.74, 6) is 0. The Morgan fingerprint density at radius 2 is 1.53 bits per heavy atom. The molecule has 0 unspecified atom stereocenters. The summed E-state index contributed by atoms with van der Waals surface area (Å²) in [6.07, 6.45) is 0.